The highest BCUT2D eigenvalue weighted by atomic mass is 32.2. The van der Waals surface area contributed by atoms with Gasteiger partial charge in [-0.1, -0.05) is 32.4 Å². The summed E-state index contributed by atoms with van der Waals surface area (Å²) in [5.74, 6) is -8.13. The highest BCUT2D eigenvalue weighted by molar-refractivity contribution is 7.91. The lowest BCUT2D eigenvalue weighted by molar-refractivity contribution is -0.157. The molecule has 58 heavy (non-hydrogen) atoms. The summed E-state index contributed by atoms with van der Waals surface area (Å²) in [6.07, 6.45) is 4.37. The van der Waals surface area contributed by atoms with Crippen LogP contribution < -0.4 is 19.5 Å². The summed E-state index contributed by atoms with van der Waals surface area (Å²) in [6, 6.07) is 0.754. The van der Waals surface area contributed by atoms with Gasteiger partial charge in [0, 0.05) is 24.6 Å². The third-order valence-corrected chi connectivity index (χ3v) is 14.2. The van der Waals surface area contributed by atoms with Gasteiger partial charge in [-0.05, 0) is 82.4 Å². The van der Waals surface area contributed by atoms with Gasteiger partial charge in [0.05, 0.1) is 30.5 Å². The molecule has 3 heterocycles. The van der Waals surface area contributed by atoms with Crippen LogP contribution >= 0.6 is 0 Å². The number of alkyl halides is 2. The summed E-state index contributed by atoms with van der Waals surface area (Å²) in [4.78, 5) is 62.7. The molecule has 318 valence electrons. The van der Waals surface area contributed by atoms with Crippen LogP contribution in [0, 0.1) is 23.6 Å². The smallest absolute Gasteiger partial charge is 0.408 e. The molecule has 2 aromatic rings. The number of ether oxygens (including phenoxy) is 2. The molecule has 0 bridgehead atoms. The Morgan fingerprint density at radius 3 is 2.47 bits per heavy atom. The third-order valence-electron chi connectivity index (χ3n) is 12.4. The summed E-state index contributed by atoms with van der Waals surface area (Å²) in [5.41, 5.74) is -4.09. The molecule has 18 heteroatoms. The maximum Gasteiger partial charge on any atom is 0.408 e. The first kappa shape index (κ1) is 43.0. The minimum Gasteiger partial charge on any atom is -0.494 e. The Morgan fingerprint density at radius 1 is 1.14 bits per heavy atom. The highest BCUT2D eigenvalue weighted by Crippen LogP contribution is 2.47. The number of hydrogen-bond donors (Lipinski definition) is 3. The normalized spacial score (nSPS) is 28.9. The Hall–Kier alpha value is -4.61. The fourth-order valence-electron chi connectivity index (χ4n) is 8.33. The first-order valence-electron chi connectivity index (χ1n) is 19.7. The van der Waals surface area contributed by atoms with E-state index in [1.54, 1.807) is 13.0 Å². The van der Waals surface area contributed by atoms with Gasteiger partial charge in [-0.15, -0.1) is 0 Å². The number of nitrogens with one attached hydrogen (secondary N) is 2. The Labute approximate surface area is 335 Å². The molecule has 2 aliphatic carbocycles. The summed E-state index contributed by atoms with van der Waals surface area (Å²) < 4.78 is 85.1. The summed E-state index contributed by atoms with van der Waals surface area (Å²) >= 11 is 0. The molecule has 1 saturated heterocycles. The van der Waals surface area contributed by atoms with Gasteiger partial charge in [0.2, 0.25) is 27.7 Å². The van der Waals surface area contributed by atoms with Crippen LogP contribution in [0.15, 0.2) is 36.5 Å². The maximum atomic E-state index is 15.4. The number of fused-ring (bicyclic) bond motifs is 3. The van der Waals surface area contributed by atoms with E-state index < -0.39 is 91.9 Å². The molecule has 4 aliphatic rings. The average molecular weight is 836 g/mol. The number of carbonyl (C=O) groups is 4. The number of carbonyl (C=O) groups excluding carboxylic acids is 3. The van der Waals surface area contributed by atoms with Crippen molar-refractivity contribution < 1.29 is 55.3 Å². The van der Waals surface area contributed by atoms with E-state index in [2.05, 4.69) is 15.0 Å². The van der Waals surface area contributed by atoms with Crippen LogP contribution in [0.25, 0.3) is 10.8 Å². The second-order valence-electron chi connectivity index (χ2n) is 16.8. The number of pyridine rings is 1. The predicted molar refractivity (Wildman–Crippen MR) is 206 cm³/mol. The first-order valence-corrected chi connectivity index (χ1v) is 21.2. The molecule has 0 unspecified atom stereocenters. The number of aromatic nitrogens is 1. The van der Waals surface area contributed by atoms with Crippen LogP contribution in [0.5, 0.6) is 11.6 Å². The van der Waals surface area contributed by atoms with Gasteiger partial charge in [0.1, 0.15) is 40.8 Å². The molecule has 4 amide bonds. The van der Waals surface area contributed by atoms with Crippen LogP contribution in [-0.2, 0) is 24.4 Å². The van der Waals surface area contributed by atoms with Gasteiger partial charge in [-0.2, -0.15) is 0 Å². The zero-order chi connectivity index (χ0) is 42.5. The standard InChI is InChI=1S/C40H52F3N5O9S/c1-7-23-16-22(2)10-8-9-11-24-19-40(24,36(51)46-58(54,55)27-13-14-27)45-33(49)30-18-26(57-34-29-17-25(41)12-15-28(29)31(56-6)20-44-34)21-47(30)35(50)32(23)48(37(52)53)38(3,4)39(5,42)43/h9,11-12,15,17,20,22-24,26-27,30,32H,7-8,10,13-14,16,18-19,21H2,1-6H3,(H,45,49)(H,46,51)(H,52,53)/b11-9-/t22-,23+,24+,26+,30-,32-,40+/m0/s1. The first-order chi connectivity index (χ1) is 27.1. The number of benzene rings is 1. The van der Waals surface area contributed by atoms with Gasteiger partial charge in [-0.25, -0.2) is 31.4 Å². The molecule has 1 aromatic carbocycles. The quantitative estimate of drug-likeness (QED) is 0.262. The Bertz CT molecular complexity index is 2090. The topological polar surface area (TPSA) is 185 Å². The number of amides is 4. The zero-order valence-electron chi connectivity index (χ0n) is 33.5. The second kappa shape index (κ2) is 15.9. The number of carboxylic acid groups (broad SMARTS) is 1. The molecule has 2 aliphatic heterocycles. The molecule has 7 atom stereocenters. The predicted octanol–water partition coefficient (Wildman–Crippen LogP) is 5.40. The monoisotopic (exact) mass is 835 g/mol. The molecule has 3 N–H and O–H groups in total. The van der Waals surface area contributed by atoms with E-state index >= 15 is 13.6 Å². The van der Waals surface area contributed by atoms with E-state index in [-0.39, 0.29) is 49.4 Å². The van der Waals surface area contributed by atoms with E-state index in [0.717, 1.165) is 18.7 Å². The van der Waals surface area contributed by atoms with Crippen molar-refractivity contribution in [2.24, 2.45) is 17.8 Å². The van der Waals surface area contributed by atoms with Crippen molar-refractivity contribution >= 4 is 44.6 Å². The van der Waals surface area contributed by atoms with Crippen molar-refractivity contribution in [3.8, 4) is 11.6 Å². The van der Waals surface area contributed by atoms with Crippen molar-refractivity contribution in [1.29, 1.82) is 0 Å². The van der Waals surface area contributed by atoms with E-state index in [1.807, 2.05) is 13.0 Å². The molecule has 0 spiro atoms. The van der Waals surface area contributed by atoms with E-state index in [4.69, 9.17) is 9.47 Å². The number of hydrogen-bond acceptors (Lipinski definition) is 9. The molecular weight excluding hydrogens is 784 g/mol. The Balaban J connectivity index is 1.45. The summed E-state index contributed by atoms with van der Waals surface area (Å²) in [7, 11) is -2.60. The molecule has 14 nitrogen and oxygen atoms in total. The van der Waals surface area contributed by atoms with Gasteiger partial charge in [0.25, 0.3) is 11.8 Å². The Kier molecular flexibility index (Phi) is 11.8. The molecule has 0 radical (unpaired) electrons. The Morgan fingerprint density at radius 2 is 1.84 bits per heavy atom. The fourth-order valence-corrected chi connectivity index (χ4v) is 9.69. The van der Waals surface area contributed by atoms with E-state index in [0.29, 0.717) is 48.6 Å². The van der Waals surface area contributed by atoms with Gasteiger partial charge in [-0.3, -0.25) is 24.0 Å². The lowest BCUT2D eigenvalue weighted by Crippen LogP contribution is -2.67. The van der Waals surface area contributed by atoms with E-state index in [9.17, 15) is 32.3 Å². The third kappa shape index (κ3) is 8.30. The number of sulfonamides is 1. The number of methoxy groups -OCH3 is 1. The number of allylic oxidation sites excluding steroid dienone is 1. The van der Waals surface area contributed by atoms with Crippen molar-refractivity contribution in [3.63, 3.8) is 0 Å². The van der Waals surface area contributed by atoms with Crippen LogP contribution in [0.3, 0.4) is 0 Å². The fraction of sp³-hybridized carbons (Fsp3) is 0.625. The molecule has 3 fully saturated rings. The SMILES string of the molecule is CC[C@@H]1C[C@@H](C)CC/C=C\[C@@H]2C[C@@]2(C(=O)NS(=O)(=O)C2CC2)NC(=O)[C@@H]2C[C@@H](Oc3ncc(OC)c4ccc(F)cc34)CN2C(=O)[C@H]1N(C(=O)O)C(C)(C)C(C)(F)F. The maximum absolute atomic E-state index is 15.4. The average Bonchev–Trinajstić information content (AvgIpc) is 4.07. The largest absolute Gasteiger partial charge is 0.494 e. The molecule has 6 rings (SSSR count). The van der Waals surface area contributed by atoms with Crippen molar-refractivity contribution in [2.45, 2.75) is 126 Å². The van der Waals surface area contributed by atoms with Crippen LogP contribution in [0.1, 0.15) is 86.0 Å². The number of nitrogens with zero attached hydrogens (tertiary/aromatic N) is 3. The molecular formula is C40H52F3N5O9S. The van der Waals surface area contributed by atoms with Crippen molar-refractivity contribution in [1.82, 2.24) is 24.8 Å². The van der Waals surface area contributed by atoms with Gasteiger partial charge >= 0.3 is 6.09 Å². The van der Waals surface area contributed by atoms with Crippen LogP contribution in [0.4, 0.5) is 18.0 Å². The van der Waals surface area contributed by atoms with Gasteiger partial charge < -0.3 is 24.8 Å². The second-order valence-corrected chi connectivity index (χ2v) is 18.8. The lowest BCUT2D eigenvalue weighted by atomic mass is 9.81. The van der Waals surface area contributed by atoms with Crippen molar-refractivity contribution in [2.75, 3.05) is 13.7 Å². The molecule has 1 aromatic heterocycles. The summed E-state index contributed by atoms with van der Waals surface area (Å²) in [5, 5.41) is 13.4. The zero-order valence-corrected chi connectivity index (χ0v) is 34.3. The number of halogens is 3. The van der Waals surface area contributed by atoms with Gasteiger partial charge in [0.15, 0.2) is 0 Å². The highest BCUT2D eigenvalue weighted by Gasteiger charge is 2.63. The molecule has 2 saturated carbocycles. The van der Waals surface area contributed by atoms with Crippen LogP contribution in [-0.4, -0.2) is 106 Å². The summed E-state index contributed by atoms with van der Waals surface area (Å²) in [6.45, 7) is 6.00. The minimum absolute atomic E-state index is 0.0554. The van der Waals surface area contributed by atoms with Crippen LogP contribution in [0.2, 0.25) is 0 Å². The van der Waals surface area contributed by atoms with Crippen molar-refractivity contribution in [3.05, 3.63) is 42.4 Å². The minimum atomic E-state index is -4.02. The lowest BCUT2D eigenvalue weighted by Gasteiger charge is -2.47. The number of rotatable bonds is 10. The van der Waals surface area contributed by atoms with E-state index in [1.165, 1.54) is 31.5 Å².